The quantitative estimate of drug-likeness (QED) is 0.639. The number of nitrogens with zero attached hydrogens (tertiary/aromatic N) is 2. The second-order valence-corrected chi connectivity index (χ2v) is 10.6. The highest BCUT2D eigenvalue weighted by molar-refractivity contribution is 5.75. The molecule has 0 radical (unpaired) electrons. The van der Waals surface area contributed by atoms with Gasteiger partial charge in [-0.3, -0.25) is 0 Å². The molecule has 152 valence electrons. The topological polar surface area (TPSA) is 38.0 Å². The SMILES string of the molecule is C[C@@]12C=CC[C@H]1[C@@H]1C(n3cnc4ccccc43)C=C3CC(O)CC[C@]3(C)[C@H]1CC2. The van der Waals surface area contributed by atoms with Crippen LogP contribution < -0.4 is 0 Å². The van der Waals surface area contributed by atoms with E-state index >= 15 is 0 Å². The van der Waals surface area contributed by atoms with Gasteiger partial charge >= 0.3 is 0 Å². The number of aliphatic hydroxyl groups is 1. The van der Waals surface area contributed by atoms with Crippen LogP contribution in [0.4, 0.5) is 0 Å². The lowest BCUT2D eigenvalue weighted by Gasteiger charge is -2.59. The maximum atomic E-state index is 10.5. The van der Waals surface area contributed by atoms with Crippen molar-refractivity contribution in [2.24, 2.45) is 28.6 Å². The van der Waals surface area contributed by atoms with Crippen LogP contribution in [0.15, 0.2) is 54.4 Å². The molecule has 6 rings (SSSR count). The fourth-order valence-electron chi connectivity index (χ4n) is 7.60. The Kier molecular flexibility index (Phi) is 3.76. The highest BCUT2D eigenvalue weighted by atomic mass is 16.3. The summed E-state index contributed by atoms with van der Waals surface area (Å²) in [6.45, 7) is 5.00. The Labute approximate surface area is 173 Å². The van der Waals surface area contributed by atoms with Crippen molar-refractivity contribution in [2.75, 3.05) is 0 Å². The predicted octanol–water partition coefficient (Wildman–Crippen LogP) is 5.68. The fraction of sp³-hybridized carbons (Fsp3) is 0.577. The number of fused-ring (bicyclic) bond motifs is 6. The molecule has 2 fully saturated rings. The van der Waals surface area contributed by atoms with Gasteiger partial charge in [0.2, 0.25) is 0 Å². The standard InChI is InChI=1S/C26H32N2O/c1-25-11-5-6-19(25)24-20(10-12-25)26(2)13-9-18(29)14-17(26)15-23(24)28-16-27-21-7-3-4-8-22(21)28/h3-5,7-8,11,15-16,18-20,23-24,29H,6,9-10,12-14H2,1-2H3/t18?,19-,20-,23?,24-,25-,26-/m0/s1. The van der Waals surface area contributed by atoms with Gasteiger partial charge in [-0.2, -0.15) is 0 Å². The van der Waals surface area contributed by atoms with Crippen LogP contribution in [0.1, 0.15) is 58.4 Å². The number of aromatic nitrogens is 2. The smallest absolute Gasteiger partial charge is 0.0964 e. The van der Waals surface area contributed by atoms with Crippen LogP contribution in [0.25, 0.3) is 11.0 Å². The van der Waals surface area contributed by atoms with E-state index in [1.807, 2.05) is 0 Å². The first-order valence-electron chi connectivity index (χ1n) is 11.5. The van der Waals surface area contributed by atoms with Crippen molar-refractivity contribution in [3.8, 4) is 0 Å². The molecule has 0 amide bonds. The normalized spacial score (nSPS) is 43.6. The summed E-state index contributed by atoms with van der Waals surface area (Å²) in [4.78, 5) is 4.74. The van der Waals surface area contributed by atoms with E-state index in [4.69, 9.17) is 4.98 Å². The molecule has 0 aliphatic heterocycles. The van der Waals surface area contributed by atoms with Crippen LogP contribution in [0, 0.1) is 28.6 Å². The van der Waals surface area contributed by atoms with Gasteiger partial charge in [0.1, 0.15) is 0 Å². The Bertz CT molecular complexity index is 1020. The minimum atomic E-state index is -0.173. The molecule has 7 atom stereocenters. The third-order valence-electron chi connectivity index (χ3n) is 9.23. The van der Waals surface area contributed by atoms with Gasteiger partial charge in [-0.05, 0) is 79.2 Å². The molecule has 0 bridgehead atoms. The van der Waals surface area contributed by atoms with Crippen molar-refractivity contribution in [3.63, 3.8) is 0 Å². The van der Waals surface area contributed by atoms with E-state index in [0.29, 0.717) is 29.2 Å². The summed E-state index contributed by atoms with van der Waals surface area (Å²) in [6, 6.07) is 8.88. The van der Waals surface area contributed by atoms with E-state index in [-0.39, 0.29) is 11.5 Å². The number of para-hydroxylation sites is 2. The van der Waals surface area contributed by atoms with Crippen molar-refractivity contribution >= 4 is 11.0 Å². The monoisotopic (exact) mass is 388 g/mol. The number of aliphatic hydroxyl groups excluding tert-OH is 1. The predicted molar refractivity (Wildman–Crippen MR) is 116 cm³/mol. The molecule has 2 saturated carbocycles. The average molecular weight is 389 g/mol. The number of benzene rings is 1. The van der Waals surface area contributed by atoms with Crippen molar-refractivity contribution in [3.05, 3.63) is 54.4 Å². The van der Waals surface area contributed by atoms with Crippen molar-refractivity contribution < 1.29 is 5.11 Å². The summed E-state index contributed by atoms with van der Waals surface area (Å²) in [5.74, 6) is 2.03. The minimum Gasteiger partial charge on any atom is -0.393 e. The van der Waals surface area contributed by atoms with Crippen LogP contribution in [-0.2, 0) is 0 Å². The van der Waals surface area contributed by atoms with Crippen LogP contribution in [-0.4, -0.2) is 20.8 Å². The van der Waals surface area contributed by atoms with Gasteiger partial charge in [0, 0.05) is 0 Å². The molecular weight excluding hydrogens is 356 g/mol. The highest BCUT2D eigenvalue weighted by Gasteiger charge is 2.57. The zero-order valence-corrected chi connectivity index (χ0v) is 17.6. The van der Waals surface area contributed by atoms with Gasteiger partial charge in [-0.1, -0.05) is 49.8 Å². The van der Waals surface area contributed by atoms with Crippen LogP contribution in [0.2, 0.25) is 0 Å². The third-order valence-corrected chi connectivity index (χ3v) is 9.23. The largest absolute Gasteiger partial charge is 0.393 e. The van der Waals surface area contributed by atoms with Gasteiger partial charge in [-0.25, -0.2) is 4.98 Å². The molecule has 2 aromatic rings. The molecule has 3 nitrogen and oxygen atoms in total. The first-order valence-corrected chi connectivity index (χ1v) is 11.5. The van der Waals surface area contributed by atoms with Crippen molar-refractivity contribution in [1.29, 1.82) is 0 Å². The zero-order chi connectivity index (χ0) is 19.8. The Morgan fingerprint density at radius 1 is 1.10 bits per heavy atom. The van der Waals surface area contributed by atoms with Crippen LogP contribution >= 0.6 is 0 Å². The third kappa shape index (κ3) is 2.43. The number of hydrogen-bond donors (Lipinski definition) is 1. The number of imidazole rings is 1. The number of rotatable bonds is 1. The molecule has 1 aromatic carbocycles. The van der Waals surface area contributed by atoms with Gasteiger partial charge in [0.25, 0.3) is 0 Å². The first kappa shape index (κ1) is 17.9. The van der Waals surface area contributed by atoms with Gasteiger partial charge in [0.05, 0.1) is 29.5 Å². The molecule has 4 aliphatic rings. The van der Waals surface area contributed by atoms with E-state index in [9.17, 15) is 5.11 Å². The van der Waals surface area contributed by atoms with Crippen LogP contribution in [0.3, 0.4) is 0 Å². The van der Waals surface area contributed by atoms with Gasteiger partial charge < -0.3 is 9.67 Å². The summed E-state index contributed by atoms with van der Waals surface area (Å²) in [5.41, 5.74) is 4.43. The first-order chi connectivity index (χ1) is 14.0. The van der Waals surface area contributed by atoms with Crippen molar-refractivity contribution in [1.82, 2.24) is 9.55 Å². The molecule has 3 heteroatoms. The van der Waals surface area contributed by atoms with Gasteiger partial charge in [0.15, 0.2) is 0 Å². The Balaban J connectivity index is 1.54. The Morgan fingerprint density at radius 2 is 1.97 bits per heavy atom. The maximum Gasteiger partial charge on any atom is 0.0964 e. The zero-order valence-electron chi connectivity index (χ0n) is 17.6. The Morgan fingerprint density at radius 3 is 2.86 bits per heavy atom. The molecule has 0 spiro atoms. The second kappa shape index (κ2) is 6.07. The maximum absolute atomic E-state index is 10.5. The number of allylic oxidation sites excluding steroid dienone is 3. The summed E-state index contributed by atoms with van der Waals surface area (Å²) >= 11 is 0. The summed E-state index contributed by atoms with van der Waals surface area (Å²) in [6.07, 6.45) is 16.2. The second-order valence-electron chi connectivity index (χ2n) is 10.6. The van der Waals surface area contributed by atoms with E-state index in [1.165, 1.54) is 30.4 Å². The van der Waals surface area contributed by atoms with E-state index in [1.54, 1.807) is 0 Å². The van der Waals surface area contributed by atoms with E-state index in [0.717, 1.165) is 24.8 Å². The molecule has 0 saturated heterocycles. The molecule has 1 aromatic heterocycles. The molecule has 1 heterocycles. The minimum absolute atomic E-state index is 0.173. The van der Waals surface area contributed by atoms with E-state index in [2.05, 4.69) is 67.2 Å². The van der Waals surface area contributed by atoms with Crippen molar-refractivity contribution in [2.45, 2.75) is 64.5 Å². The molecular formula is C26H32N2O. The average Bonchev–Trinajstić information content (AvgIpc) is 3.31. The van der Waals surface area contributed by atoms with E-state index < -0.39 is 0 Å². The summed E-state index contributed by atoms with van der Waals surface area (Å²) < 4.78 is 2.45. The Hall–Kier alpha value is -1.87. The molecule has 29 heavy (non-hydrogen) atoms. The molecule has 1 N–H and O–H groups in total. The fourth-order valence-corrected chi connectivity index (χ4v) is 7.60. The van der Waals surface area contributed by atoms with Crippen LogP contribution in [0.5, 0.6) is 0 Å². The lowest BCUT2D eigenvalue weighted by Crippen LogP contribution is -2.52. The van der Waals surface area contributed by atoms with Gasteiger partial charge in [-0.15, -0.1) is 0 Å². The molecule has 4 aliphatic carbocycles. The summed E-state index contributed by atoms with van der Waals surface area (Å²) in [5, 5.41) is 10.5. The lowest BCUT2D eigenvalue weighted by atomic mass is 9.47. The summed E-state index contributed by atoms with van der Waals surface area (Å²) in [7, 11) is 0. The number of hydrogen-bond acceptors (Lipinski definition) is 2. The molecule has 2 unspecified atom stereocenters. The highest BCUT2D eigenvalue weighted by Crippen LogP contribution is 2.65. The lowest BCUT2D eigenvalue weighted by molar-refractivity contribution is -0.0446.